The van der Waals surface area contributed by atoms with Crippen molar-refractivity contribution >= 4 is 45.8 Å². The van der Waals surface area contributed by atoms with Crippen LogP contribution < -0.4 is 10.2 Å². The Bertz CT molecular complexity index is 1630. The molecule has 220 valence electrons. The van der Waals surface area contributed by atoms with Gasteiger partial charge in [0, 0.05) is 47.9 Å². The number of nitrogens with one attached hydrogen (secondary N) is 1. The van der Waals surface area contributed by atoms with E-state index in [9.17, 15) is 14.4 Å². The lowest BCUT2D eigenvalue weighted by Crippen LogP contribution is -2.52. The highest BCUT2D eigenvalue weighted by molar-refractivity contribution is 6.30. The van der Waals surface area contributed by atoms with Gasteiger partial charge in [0.05, 0.1) is 5.69 Å². The number of rotatable bonds is 11. The first-order valence-electron chi connectivity index (χ1n) is 15.2. The average molecular weight is 594 g/mol. The highest BCUT2D eigenvalue weighted by Gasteiger charge is 2.33. The number of amides is 3. The number of benzene rings is 4. The molecule has 1 heterocycles. The van der Waals surface area contributed by atoms with Crippen LogP contribution in [0, 0.1) is 0 Å². The van der Waals surface area contributed by atoms with Crippen LogP contribution in [0.3, 0.4) is 0 Å². The predicted octanol–water partition coefficient (Wildman–Crippen LogP) is 6.93. The van der Waals surface area contributed by atoms with E-state index in [1.54, 1.807) is 15.9 Å². The molecule has 0 aromatic heterocycles. The third kappa shape index (κ3) is 6.45. The van der Waals surface area contributed by atoms with Gasteiger partial charge in [0.2, 0.25) is 11.8 Å². The van der Waals surface area contributed by atoms with Crippen molar-refractivity contribution in [2.24, 2.45) is 0 Å². The molecule has 0 spiro atoms. The summed E-state index contributed by atoms with van der Waals surface area (Å²) < 4.78 is 0. The van der Waals surface area contributed by atoms with E-state index in [4.69, 9.17) is 11.6 Å². The molecule has 0 radical (unpaired) electrons. The van der Waals surface area contributed by atoms with Gasteiger partial charge in [-0.2, -0.15) is 0 Å². The van der Waals surface area contributed by atoms with Gasteiger partial charge in [-0.3, -0.25) is 14.4 Å². The second kappa shape index (κ2) is 13.0. The number of anilines is 1. The van der Waals surface area contributed by atoms with E-state index >= 15 is 0 Å². The van der Waals surface area contributed by atoms with Crippen LogP contribution in [0.1, 0.15) is 60.0 Å². The molecule has 0 saturated heterocycles. The fourth-order valence-electron chi connectivity index (χ4n) is 6.49. The molecule has 3 amide bonds. The molecule has 2 aliphatic rings. The summed E-state index contributed by atoms with van der Waals surface area (Å²) in [6.45, 7) is 0.684. The summed E-state index contributed by atoms with van der Waals surface area (Å²) in [4.78, 5) is 44.7. The van der Waals surface area contributed by atoms with Crippen molar-refractivity contribution in [3.8, 4) is 0 Å². The topological polar surface area (TPSA) is 69.7 Å². The summed E-state index contributed by atoms with van der Waals surface area (Å²) >= 11 is 6.31. The highest BCUT2D eigenvalue weighted by Crippen LogP contribution is 2.37. The second-order valence-electron chi connectivity index (χ2n) is 11.6. The molecule has 4 aromatic carbocycles. The summed E-state index contributed by atoms with van der Waals surface area (Å²) in [7, 11) is 0. The summed E-state index contributed by atoms with van der Waals surface area (Å²) in [6.07, 6.45) is 5.23. The largest absolute Gasteiger partial charge is 0.352 e. The Morgan fingerprint density at radius 3 is 2.40 bits per heavy atom. The molecule has 1 N–H and O–H groups in total. The van der Waals surface area contributed by atoms with Crippen molar-refractivity contribution in [3.63, 3.8) is 0 Å². The van der Waals surface area contributed by atoms with Crippen LogP contribution in [0.4, 0.5) is 5.69 Å². The van der Waals surface area contributed by atoms with Crippen LogP contribution in [0.15, 0.2) is 91.0 Å². The zero-order valence-corrected chi connectivity index (χ0v) is 24.9. The van der Waals surface area contributed by atoms with Crippen LogP contribution in [0.5, 0.6) is 0 Å². The molecular formula is C36H36ClN3O3. The van der Waals surface area contributed by atoms with E-state index in [-0.39, 0.29) is 36.7 Å². The Morgan fingerprint density at radius 2 is 1.63 bits per heavy atom. The molecule has 1 saturated carbocycles. The standard InChI is InChI=1S/C36H36ClN3O3/c37-28-15-6-12-26(22-28)24-40(32(23-25-10-2-1-3-11-25)35(42)38-29-16-4-5-17-29)33(41)20-9-21-39-31-19-8-14-27-13-7-18-30(34(27)31)36(39)43/h1-3,6-8,10-15,18-19,22,29,32H,4-5,9,16-17,20-21,23-24H2,(H,38,42)/t32-/m1/s1. The van der Waals surface area contributed by atoms with Gasteiger partial charge in [0.25, 0.3) is 5.91 Å². The van der Waals surface area contributed by atoms with E-state index in [1.807, 2.05) is 84.9 Å². The van der Waals surface area contributed by atoms with Crippen molar-refractivity contribution in [1.29, 1.82) is 0 Å². The van der Waals surface area contributed by atoms with Gasteiger partial charge in [0.1, 0.15) is 6.04 Å². The van der Waals surface area contributed by atoms with Crippen LogP contribution in [0.25, 0.3) is 10.8 Å². The molecule has 1 atom stereocenters. The number of hydrogen-bond donors (Lipinski definition) is 1. The minimum absolute atomic E-state index is 0.0343. The average Bonchev–Trinajstić information content (AvgIpc) is 3.63. The number of halogens is 1. The van der Waals surface area contributed by atoms with Crippen molar-refractivity contribution < 1.29 is 14.4 Å². The quantitative estimate of drug-likeness (QED) is 0.205. The lowest BCUT2D eigenvalue weighted by Gasteiger charge is -2.32. The lowest BCUT2D eigenvalue weighted by molar-refractivity contribution is -0.141. The minimum Gasteiger partial charge on any atom is -0.352 e. The third-order valence-electron chi connectivity index (χ3n) is 8.64. The number of nitrogens with zero attached hydrogens (tertiary/aromatic N) is 2. The Balaban J connectivity index is 1.23. The maximum atomic E-state index is 14.1. The van der Waals surface area contributed by atoms with E-state index in [0.29, 0.717) is 30.0 Å². The third-order valence-corrected chi connectivity index (χ3v) is 8.87. The maximum absolute atomic E-state index is 14.1. The molecule has 6 nitrogen and oxygen atoms in total. The first kappa shape index (κ1) is 28.9. The molecule has 0 unspecified atom stereocenters. The summed E-state index contributed by atoms with van der Waals surface area (Å²) in [5.74, 6) is -0.277. The molecule has 43 heavy (non-hydrogen) atoms. The Morgan fingerprint density at radius 1 is 0.907 bits per heavy atom. The fourth-order valence-corrected chi connectivity index (χ4v) is 6.70. The predicted molar refractivity (Wildman–Crippen MR) is 171 cm³/mol. The summed E-state index contributed by atoms with van der Waals surface area (Å²) in [6, 6.07) is 28.5. The van der Waals surface area contributed by atoms with E-state index in [0.717, 1.165) is 53.3 Å². The van der Waals surface area contributed by atoms with Crippen LogP contribution in [-0.2, 0) is 22.6 Å². The molecule has 6 rings (SSSR count). The maximum Gasteiger partial charge on any atom is 0.258 e. The second-order valence-corrected chi connectivity index (χ2v) is 12.0. The molecule has 0 bridgehead atoms. The molecular weight excluding hydrogens is 558 g/mol. The SMILES string of the molecule is O=C(NC1CCCC1)[C@@H](Cc1ccccc1)N(Cc1cccc(Cl)c1)C(=O)CCCN1C(=O)c2cccc3cccc1c23. The first-order valence-corrected chi connectivity index (χ1v) is 15.6. The zero-order chi connectivity index (χ0) is 29.8. The monoisotopic (exact) mass is 593 g/mol. The van der Waals surface area contributed by atoms with Crippen LogP contribution in [-0.4, -0.2) is 41.2 Å². The van der Waals surface area contributed by atoms with Gasteiger partial charge in [-0.25, -0.2) is 0 Å². The van der Waals surface area contributed by atoms with Crippen molar-refractivity contribution in [2.75, 3.05) is 11.4 Å². The minimum atomic E-state index is -0.680. The Labute approximate surface area is 257 Å². The van der Waals surface area contributed by atoms with Gasteiger partial charge in [0.15, 0.2) is 0 Å². The van der Waals surface area contributed by atoms with Crippen molar-refractivity contribution in [3.05, 3.63) is 113 Å². The van der Waals surface area contributed by atoms with Crippen LogP contribution in [0.2, 0.25) is 5.02 Å². The highest BCUT2D eigenvalue weighted by atomic mass is 35.5. The molecule has 1 aliphatic heterocycles. The van der Waals surface area contributed by atoms with Crippen molar-refractivity contribution in [2.45, 2.75) is 63.6 Å². The van der Waals surface area contributed by atoms with E-state index in [2.05, 4.69) is 5.32 Å². The normalized spacial score (nSPS) is 15.2. The summed E-state index contributed by atoms with van der Waals surface area (Å²) in [5.41, 5.74) is 3.45. The van der Waals surface area contributed by atoms with Gasteiger partial charge in [-0.15, -0.1) is 0 Å². The zero-order valence-electron chi connectivity index (χ0n) is 24.2. The van der Waals surface area contributed by atoms with E-state index < -0.39 is 6.04 Å². The first-order chi connectivity index (χ1) is 21.0. The van der Waals surface area contributed by atoms with Gasteiger partial charge in [-0.1, -0.05) is 91.2 Å². The smallest absolute Gasteiger partial charge is 0.258 e. The van der Waals surface area contributed by atoms with Gasteiger partial charge >= 0.3 is 0 Å². The van der Waals surface area contributed by atoms with Gasteiger partial charge < -0.3 is 15.1 Å². The Hall–Kier alpha value is -4.16. The van der Waals surface area contributed by atoms with Crippen molar-refractivity contribution in [1.82, 2.24) is 10.2 Å². The number of hydrogen-bond acceptors (Lipinski definition) is 3. The van der Waals surface area contributed by atoms with E-state index in [1.165, 1.54) is 0 Å². The molecule has 1 fully saturated rings. The van der Waals surface area contributed by atoms with Gasteiger partial charge in [-0.05, 0) is 60.0 Å². The molecule has 7 heteroatoms. The Kier molecular flexibility index (Phi) is 8.75. The fraction of sp³-hybridized carbons (Fsp3) is 0.306. The summed E-state index contributed by atoms with van der Waals surface area (Å²) in [5, 5.41) is 5.83. The number of carbonyl (C=O) groups is 3. The molecule has 4 aromatic rings. The van der Waals surface area contributed by atoms with Crippen LogP contribution >= 0.6 is 11.6 Å². The lowest BCUT2D eigenvalue weighted by atomic mass is 10.0. The molecule has 1 aliphatic carbocycles. The number of carbonyl (C=O) groups excluding carboxylic acids is 3.